The minimum Gasteiger partial charge on any atom is -0.480 e. The second kappa shape index (κ2) is 4.26. The first-order valence-electron chi connectivity index (χ1n) is 6.05. The maximum atomic E-state index is 10.8. The lowest BCUT2D eigenvalue weighted by atomic mass is 9.68. The summed E-state index contributed by atoms with van der Waals surface area (Å²) in [4.78, 5) is 8.39. The summed E-state index contributed by atoms with van der Waals surface area (Å²) < 4.78 is 5.20. The quantitative estimate of drug-likeness (QED) is 0.855. The number of methoxy groups -OCH3 is 1. The molecule has 0 aromatic carbocycles. The van der Waals surface area contributed by atoms with Crippen molar-refractivity contribution in [2.45, 2.75) is 45.1 Å². The molecular formula is C13H20N2O2. The van der Waals surface area contributed by atoms with Gasteiger partial charge in [-0.25, -0.2) is 4.98 Å². The van der Waals surface area contributed by atoms with Crippen LogP contribution in [0.5, 0.6) is 5.88 Å². The van der Waals surface area contributed by atoms with Crippen LogP contribution in [0.2, 0.25) is 0 Å². The molecule has 1 aromatic heterocycles. The topological polar surface area (TPSA) is 55.2 Å². The molecule has 0 saturated heterocycles. The van der Waals surface area contributed by atoms with Gasteiger partial charge in [0.2, 0.25) is 5.88 Å². The maximum absolute atomic E-state index is 10.8. The number of rotatable bonds is 2. The Hall–Kier alpha value is -1.16. The van der Waals surface area contributed by atoms with Gasteiger partial charge in [-0.05, 0) is 31.1 Å². The molecule has 0 spiro atoms. The summed E-state index contributed by atoms with van der Waals surface area (Å²) in [6, 6.07) is 0. The van der Waals surface area contributed by atoms with E-state index in [0.717, 1.165) is 19.3 Å². The van der Waals surface area contributed by atoms with Crippen molar-refractivity contribution >= 4 is 0 Å². The molecule has 1 fully saturated rings. The number of aliphatic hydroxyl groups is 1. The van der Waals surface area contributed by atoms with Crippen molar-refractivity contribution in [3.8, 4) is 5.88 Å². The summed E-state index contributed by atoms with van der Waals surface area (Å²) >= 11 is 0. The molecule has 1 atom stereocenters. The summed E-state index contributed by atoms with van der Waals surface area (Å²) in [6.07, 6.45) is 6.76. The van der Waals surface area contributed by atoms with Crippen molar-refractivity contribution in [3.05, 3.63) is 18.1 Å². The Balaban J connectivity index is 2.37. The van der Waals surface area contributed by atoms with Crippen LogP contribution in [0.4, 0.5) is 0 Å². The first-order chi connectivity index (χ1) is 7.97. The highest BCUT2D eigenvalue weighted by Gasteiger charge is 2.42. The lowest BCUT2D eigenvalue weighted by molar-refractivity contribution is -0.0492. The van der Waals surface area contributed by atoms with Gasteiger partial charge in [0, 0.05) is 12.4 Å². The third-order valence-electron chi connectivity index (χ3n) is 3.51. The van der Waals surface area contributed by atoms with Crippen molar-refractivity contribution in [3.63, 3.8) is 0 Å². The van der Waals surface area contributed by atoms with Gasteiger partial charge in [0.05, 0.1) is 7.11 Å². The van der Waals surface area contributed by atoms with Gasteiger partial charge < -0.3 is 9.84 Å². The molecule has 0 radical (unpaired) electrons. The molecule has 1 aliphatic carbocycles. The van der Waals surface area contributed by atoms with Crippen LogP contribution in [-0.2, 0) is 5.60 Å². The number of ether oxygens (including phenoxy) is 1. The van der Waals surface area contributed by atoms with Gasteiger partial charge in [-0.15, -0.1) is 0 Å². The number of hydrogen-bond donors (Lipinski definition) is 1. The van der Waals surface area contributed by atoms with Crippen molar-refractivity contribution in [1.29, 1.82) is 0 Å². The fourth-order valence-electron chi connectivity index (χ4n) is 2.82. The van der Waals surface area contributed by atoms with E-state index in [-0.39, 0.29) is 5.41 Å². The molecule has 1 unspecified atom stereocenters. The number of nitrogens with zero attached hydrogens (tertiary/aromatic N) is 2. The fraction of sp³-hybridized carbons (Fsp3) is 0.692. The van der Waals surface area contributed by atoms with E-state index in [2.05, 4.69) is 23.8 Å². The molecule has 0 amide bonds. The lowest BCUT2D eigenvalue weighted by Gasteiger charge is -2.41. The Morgan fingerprint density at radius 2 is 1.94 bits per heavy atom. The summed E-state index contributed by atoms with van der Waals surface area (Å²) in [5, 5.41) is 10.8. The zero-order valence-electron chi connectivity index (χ0n) is 10.7. The SMILES string of the molecule is COc1nccnc1C1(O)CCCC(C)(C)C1. The van der Waals surface area contributed by atoms with Gasteiger partial charge in [-0.3, -0.25) is 4.98 Å². The van der Waals surface area contributed by atoms with E-state index in [4.69, 9.17) is 4.74 Å². The van der Waals surface area contributed by atoms with Crippen LogP contribution in [0.3, 0.4) is 0 Å². The number of aromatic nitrogens is 2. The van der Waals surface area contributed by atoms with Gasteiger partial charge in [0.15, 0.2) is 0 Å². The summed E-state index contributed by atoms with van der Waals surface area (Å²) in [5.41, 5.74) is -0.188. The van der Waals surface area contributed by atoms with Gasteiger partial charge >= 0.3 is 0 Å². The molecule has 1 saturated carbocycles. The molecule has 2 rings (SSSR count). The predicted molar refractivity (Wildman–Crippen MR) is 64.7 cm³/mol. The highest BCUT2D eigenvalue weighted by Crippen LogP contribution is 2.47. The fourth-order valence-corrected chi connectivity index (χ4v) is 2.82. The Kier molecular flexibility index (Phi) is 3.08. The summed E-state index contributed by atoms with van der Waals surface area (Å²) in [5.74, 6) is 0.438. The first kappa shape index (κ1) is 12.3. The third-order valence-corrected chi connectivity index (χ3v) is 3.51. The zero-order chi connectivity index (χ0) is 12.5. The molecule has 1 heterocycles. The van der Waals surface area contributed by atoms with Gasteiger partial charge in [-0.2, -0.15) is 0 Å². The van der Waals surface area contributed by atoms with Gasteiger partial charge in [0.1, 0.15) is 11.3 Å². The van der Waals surface area contributed by atoms with E-state index < -0.39 is 5.60 Å². The summed E-state index contributed by atoms with van der Waals surface area (Å²) in [7, 11) is 1.56. The maximum Gasteiger partial charge on any atom is 0.238 e. The molecule has 94 valence electrons. The largest absolute Gasteiger partial charge is 0.480 e. The Morgan fingerprint density at radius 3 is 2.59 bits per heavy atom. The Labute approximate surface area is 102 Å². The third kappa shape index (κ3) is 2.41. The van der Waals surface area contributed by atoms with Gasteiger partial charge in [-0.1, -0.05) is 13.8 Å². The van der Waals surface area contributed by atoms with E-state index in [1.54, 1.807) is 19.5 Å². The monoisotopic (exact) mass is 236 g/mol. The minimum absolute atomic E-state index is 0.134. The highest BCUT2D eigenvalue weighted by molar-refractivity contribution is 5.25. The van der Waals surface area contributed by atoms with Crippen molar-refractivity contribution in [2.24, 2.45) is 5.41 Å². The summed E-state index contributed by atoms with van der Waals surface area (Å²) in [6.45, 7) is 4.36. The molecule has 17 heavy (non-hydrogen) atoms. The van der Waals surface area contributed by atoms with E-state index >= 15 is 0 Å². The standard InChI is InChI=1S/C13H20N2O2/c1-12(2)5-4-6-13(16,9-12)10-11(17-3)15-8-7-14-10/h7-8,16H,4-6,9H2,1-3H3. The average Bonchev–Trinajstić information content (AvgIpc) is 2.27. The highest BCUT2D eigenvalue weighted by atomic mass is 16.5. The first-order valence-corrected chi connectivity index (χ1v) is 6.05. The smallest absolute Gasteiger partial charge is 0.238 e. The molecule has 1 aliphatic rings. The zero-order valence-corrected chi connectivity index (χ0v) is 10.7. The Morgan fingerprint density at radius 1 is 1.24 bits per heavy atom. The van der Waals surface area contributed by atoms with Crippen LogP contribution in [0.1, 0.15) is 45.2 Å². The minimum atomic E-state index is -0.901. The van der Waals surface area contributed by atoms with E-state index in [1.807, 2.05) is 0 Å². The van der Waals surface area contributed by atoms with E-state index in [0.29, 0.717) is 18.0 Å². The van der Waals surface area contributed by atoms with Gasteiger partial charge in [0.25, 0.3) is 0 Å². The Bertz CT molecular complexity index is 406. The van der Waals surface area contributed by atoms with Crippen LogP contribution >= 0.6 is 0 Å². The normalized spacial score (nSPS) is 27.8. The lowest BCUT2D eigenvalue weighted by Crippen LogP contribution is -2.37. The van der Waals surface area contributed by atoms with Crippen LogP contribution in [-0.4, -0.2) is 22.2 Å². The molecular weight excluding hydrogens is 216 g/mol. The molecule has 4 nitrogen and oxygen atoms in total. The van der Waals surface area contributed by atoms with Crippen molar-refractivity contribution in [1.82, 2.24) is 9.97 Å². The molecule has 0 aliphatic heterocycles. The number of hydrogen-bond acceptors (Lipinski definition) is 4. The second-order valence-corrected chi connectivity index (χ2v) is 5.64. The predicted octanol–water partition coefficient (Wildman–Crippen LogP) is 2.27. The van der Waals surface area contributed by atoms with E-state index in [9.17, 15) is 5.11 Å². The molecule has 1 aromatic rings. The van der Waals surface area contributed by atoms with Crippen LogP contribution in [0.25, 0.3) is 0 Å². The average molecular weight is 236 g/mol. The molecule has 4 heteroatoms. The van der Waals surface area contributed by atoms with Crippen LogP contribution in [0, 0.1) is 5.41 Å². The molecule has 0 bridgehead atoms. The van der Waals surface area contributed by atoms with Crippen LogP contribution < -0.4 is 4.74 Å². The van der Waals surface area contributed by atoms with Crippen molar-refractivity contribution < 1.29 is 9.84 Å². The van der Waals surface area contributed by atoms with E-state index in [1.165, 1.54) is 0 Å². The van der Waals surface area contributed by atoms with Crippen molar-refractivity contribution in [2.75, 3.05) is 7.11 Å². The van der Waals surface area contributed by atoms with Crippen LogP contribution in [0.15, 0.2) is 12.4 Å². The molecule has 1 N–H and O–H groups in total. The second-order valence-electron chi connectivity index (χ2n) is 5.64.